The van der Waals surface area contributed by atoms with Crippen LogP contribution in [-0.4, -0.2) is 12.6 Å². The normalized spacial score (nSPS) is 13.6. The number of rotatable bonds is 4. The van der Waals surface area contributed by atoms with Crippen LogP contribution in [0, 0.1) is 20.8 Å². The molecule has 0 amide bonds. The summed E-state index contributed by atoms with van der Waals surface area (Å²) in [5, 5.41) is 2.17. The molecule has 1 atom stereocenters. The van der Waals surface area contributed by atoms with Crippen LogP contribution < -0.4 is 5.30 Å². The monoisotopic (exact) mass is 352 g/mol. The van der Waals surface area contributed by atoms with Crippen LogP contribution in [0.1, 0.15) is 27.0 Å². The Morgan fingerprint density at radius 2 is 1.52 bits per heavy atom. The smallest absolute Gasteiger partial charge is 0.301 e. The van der Waals surface area contributed by atoms with Crippen LogP contribution in [0.25, 0.3) is 10.8 Å². The lowest BCUT2D eigenvalue weighted by Crippen LogP contribution is -2.17. The van der Waals surface area contributed by atoms with Gasteiger partial charge in [0.1, 0.15) is 0 Å². The summed E-state index contributed by atoms with van der Waals surface area (Å²) in [6, 6.07) is 16.9. The molecule has 0 saturated heterocycles. The lowest BCUT2D eigenvalue weighted by atomic mass is 10.0. The van der Waals surface area contributed by atoms with E-state index in [-0.39, 0.29) is 0 Å². The molecule has 1 unspecified atom stereocenters. The van der Waals surface area contributed by atoms with Crippen LogP contribution in [0.4, 0.5) is 0 Å². The molecule has 0 saturated carbocycles. The fourth-order valence-corrected chi connectivity index (χ4v) is 5.45. The van der Waals surface area contributed by atoms with Crippen LogP contribution in [0.3, 0.4) is 0 Å². The van der Waals surface area contributed by atoms with Gasteiger partial charge in [-0.3, -0.25) is 9.36 Å². The molecule has 3 aromatic rings. The molecule has 0 radical (unpaired) electrons. The number of hydrogen-bond acceptors (Lipinski definition) is 3. The van der Waals surface area contributed by atoms with Crippen LogP contribution in [0.15, 0.2) is 54.6 Å². The molecule has 0 aliphatic heterocycles. The Morgan fingerprint density at radius 1 is 0.920 bits per heavy atom. The number of carbonyl (C=O) groups excluding carboxylic acids is 1. The minimum atomic E-state index is -3.72. The summed E-state index contributed by atoms with van der Waals surface area (Å²) in [6.07, 6.45) is 0. The van der Waals surface area contributed by atoms with Gasteiger partial charge in [0, 0.05) is 12.7 Å². The first-order valence-electron chi connectivity index (χ1n) is 8.15. The molecule has 4 heteroatoms. The number of carbonyl (C=O) groups is 1. The van der Waals surface area contributed by atoms with E-state index < -0.39 is 12.9 Å². The van der Waals surface area contributed by atoms with Gasteiger partial charge in [-0.25, -0.2) is 0 Å². The maximum absolute atomic E-state index is 13.7. The van der Waals surface area contributed by atoms with Gasteiger partial charge in [-0.2, -0.15) is 0 Å². The maximum atomic E-state index is 13.7. The van der Waals surface area contributed by atoms with Gasteiger partial charge in [-0.1, -0.05) is 54.1 Å². The molecule has 3 rings (SSSR count). The highest BCUT2D eigenvalue weighted by Gasteiger charge is 2.37. The van der Waals surface area contributed by atoms with E-state index in [0.29, 0.717) is 10.9 Å². The largest absolute Gasteiger partial charge is 0.323 e. The Kier molecular flexibility index (Phi) is 4.64. The highest BCUT2D eigenvalue weighted by molar-refractivity contribution is 7.83. The Hall–Kier alpha value is -2.22. The average Bonchev–Trinajstić information content (AvgIpc) is 2.59. The zero-order valence-electron chi connectivity index (χ0n) is 14.9. The molecule has 0 N–H and O–H groups in total. The summed E-state index contributed by atoms with van der Waals surface area (Å²) >= 11 is 0. The Labute approximate surface area is 148 Å². The van der Waals surface area contributed by atoms with Crippen molar-refractivity contribution in [1.82, 2.24) is 0 Å². The molecule has 0 aromatic heterocycles. The van der Waals surface area contributed by atoms with Gasteiger partial charge in [0.2, 0.25) is 0 Å². The molecular weight excluding hydrogens is 331 g/mol. The Morgan fingerprint density at radius 3 is 2.16 bits per heavy atom. The topological polar surface area (TPSA) is 43.4 Å². The van der Waals surface area contributed by atoms with Crippen molar-refractivity contribution in [3.05, 3.63) is 76.9 Å². The highest BCUT2D eigenvalue weighted by Crippen LogP contribution is 2.50. The van der Waals surface area contributed by atoms with Gasteiger partial charge >= 0.3 is 7.37 Å². The predicted molar refractivity (Wildman–Crippen MR) is 103 cm³/mol. The summed E-state index contributed by atoms with van der Waals surface area (Å²) in [7, 11) is -2.37. The molecule has 3 aromatic carbocycles. The second-order valence-corrected chi connectivity index (χ2v) is 8.67. The van der Waals surface area contributed by atoms with Crippen LogP contribution >= 0.6 is 7.37 Å². The van der Waals surface area contributed by atoms with Crippen molar-refractivity contribution >= 4 is 29.0 Å². The summed E-state index contributed by atoms with van der Waals surface area (Å²) < 4.78 is 19.1. The third kappa shape index (κ3) is 2.95. The quantitative estimate of drug-likeness (QED) is 0.610. The highest BCUT2D eigenvalue weighted by atomic mass is 31.2. The van der Waals surface area contributed by atoms with Crippen molar-refractivity contribution in [2.45, 2.75) is 20.8 Å². The first-order valence-corrected chi connectivity index (χ1v) is 9.78. The van der Waals surface area contributed by atoms with E-state index in [1.54, 1.807) is 6.07 Å². The van der Waals surface area contributed by atoms with E-state index in [1.807, 2.05) is 69.3 Å². The van der Waals surface area contributed by atoms with Crippen molar-refractivity contribution in [2.24, 2.45) is 0 Å². The summed E-state index contributed by atoms with van der Waals surface area (Å²) in [6.45, 7) is 5.72. The molecular formula is C21H21O3P. The molecule has 0 fully saturated rings. The van der Waals surface area contributed by atoms with Crippen LogP contribution in [0.5, 0.6) is 0 Å². The van der Waals surface area contributed by atoms with Gasteiger partial charge in [0.15, 0.2) is 0 Å². The number of aryl methyl sites for hydroxylation is 3. The lowest BCUT2D eigenvalue weighted by molar-refractivity contribution is 0.105. The Balaban J connectivity index is 2.25. The zero-order chi connectivity index (χ0) is 18.2. The van der Waals surface area contributed by atoms with Gasteiger partial charge in [-0.15, -0.1) is 0 Å². The van der Waals surface area contributed by atoms with Crippen molar-refractivity contribution in [2.75, 3.05) is 7.11 Å². The summed E-state index contributed by atoms with van der Waals surface area (Å²) in [5.41, 5.74) is 2.76. The minimum absolute atomic E-state index is 0.443. The molecule has 3 nitrogen and oxygen atoms in total. The van der Waals surface area contributed by atoms with Crippen molar-refractivity contribution < 1.29 is 13.9 Å². The van der Waals surface area contributed by atoms with E-state index in [2.05, 4.69) is 0 Å². The van der Waals surface area contributed by atoms with Crippen LogP contribution in [-0.2, 0) is 9.09 Å². The van der Waals surface area contributed by atoms with Crippen molar-refractivity contribution in [1.29, 1.82) is 0 Å². The number of benzene rings is 3. The fourth-order valence-electron chi connectivity index (χ4n) is 3.42. The Bertz CT molecular complexity index is 992. The lowest BCUT2D eigenvalue weighted by Gasteiger charge is -2.19. The SMILES string of the molecule is COP(=O)(C(=O)c1c(C)cc(C)cc1C)c1cccc2ccccc12. The van der Waals surface area contributed by atoms with Gasteiger partial charge in [0.25, 0.3) is 5.52 Å². The van der Waals surface area contributed by atoms with Crippen LogP contribution in [0.2, 0.25) is 0 Å². The second kappa shape index (κ2) is 6.59. The summed E-state index contributed by atoms with van der Waals surface area (Å²) in [5.74, 6) is 0. The van der Waals surface area contributed by atoms with Crippen molar-refractivity contribution in [3.63, 3.8) is 0 Å². The van der Waals surface area contributed by atoms with Crippen molar-refractivity contribution in [3.8, 4) is 0 Å². The number of hydrogen-bond donors (Lipinski definition) is 0. The van der Waals surface area contributed by atoms with E-state index in [1.165, 1.54) is 7.11 Å². The van der Waals surface area contributed by atoms with Gasteiger partial charge in [0.05, 0.1) is 5.30 Å². The zero-order valence-corrected chi connectivity index (χ0v) is 15.8. The molecule has 25 heavy (non-hydrogen) atoms. The molecule has 0 spiro atoms. The van der Waals surface area contributed by atoms with Gasteiger partial charge in [-0.05, 0) is 48.7 Å². The molecule has 0 heterocycles. The third-order valence-electron chi connectivity index (χ3n) is 4.50. The second-order valence-electron chi connectivity index (χ2n) is 6.31. The maximum Gasteiger partial charge on any atom is 0.301 e. The fraction of sp³-hybridized carbons (Fsp3) is 0.190. The first-order chi connectivity index (χ1) is 11.9. The summed E-state index contributed by atoms with van der Waals surface area (Å²) in [4.78, 5) is 13.3. The van der Waals surface area contributed by atoms with Gasteiger partial charge < -0.3 is 4.52 Å². The molecule has 0 bridgehead atoms. The van der Waals surface area contributed by atoms with E-state index in [0.717, 1.165) is 27.5 Å². The average molecular weight is 352 g/mol. The predicted octanol–water partition coefficient (Wildman–Crippen LogP) is 5.16. The molecule has 0 aliphatic rings. The van der Waals surface area contributed by atoms with E-state index in [4.69, 9.17) is 4.52 Å². The number of fused-ring (bicyclic) bond motifs is 1. The minimum Gasteiger partial charge on any atom is -0.323 e. The standard InChI is InChI=1S/C21H21O3P/c1-14-12-15(2)20(16(3)13-14)21(22)25(23,24-4)19-11-7-9-17-8-5-6-10-18(17)19/h5-13H,1-4H3. The first kappa shape index (κ1) is 17.6. The van der Waals surface area contributed by atoms with E-state index in [9.17, 15) is 9.36 Å². The molecule has 128 valence electrons. The third-order valence-corrected chi connectivity index (χ3v) is 6.80. The molecule has 0 aliphatic carbocycles. The van der Waals surface area contributed by atoms with E-state index >= 15 is 0 Å².